The zero-order chi connectivity index (χ0) is 18.0. The molecule has 6 heteroatoms. The monoisotopic (exact) mass is 344 g/mol. The molecular formula is C19H24N2O4. The number of hydrogen-bond acceptors (Lipinski definition) is 3. The summed E-state index contributed by atoms with van der Waals surface area (Å²) in [5.74, 6) is -1.86. The predicted molar refractivity (Wildman–Crippen MR) is 93.2 cm³/mol. The number of carbonyl (C=O) groups is 3. The van der Waals surface area contributed by atoms with Crippen LogP contribution in [-0.4, -0.2) is 47.4 Å². The van der Waals surface area contributed by atoms with Crippen LogP contribution in [-0.2, 0) is 20.8 Å². The first-order chi connectivity index (χ1) is 12.0. The molecule has 2 aliphatic rings. The lowest BCUT2D eigenvalue weighted by atomic mass is 10.1. The van der Waals surface area contributed by atoms with Gasteiger partial charge in [0.2, 0.25) is 11.8 Å². The zero-order valence-electron chi connectivity index (χ0n) is 14.5. The third-order valence-corrected chi connectivity index (χ3v) is 5.11. The number of aryl methyl sites for hydroxylation is 1. The van der Waals surface area contributed by atoms with Gasteiger partial charge in [0, 0.05) is 31.7 Å². The van der Waals surface area contributed by atoms with Gasteiger partial charge < -0.3 is 14.9 Å². The number of rotatable bonds is 5. The number of carbonyl (C=O) groups excluding carboxylic acids is 2. The topological polar surface area (TPSA) is 77.9 Å². The molecule has 2 fully saturated rings. The highest BCUT2D eigenvalue weighted by Crippen LogP contribution is 2.28. The Morgan fingerprint density at radius 2 is 1.88 bits per heavy atom. The molecule has 0 aliphatic carbocycles. The predicted octanol–water partition coefficient (Wildman–Crippen LogP) is 1.93. The lowest BCUT2D eigenvalue weighted by molar-refractivity contribution is -0.141. The zero-order valence-corrected chi connectivity index (χ0v) is 14.5. The van der Waals surface area contributed by atoms with Crippen LogP contribution in [0.25, 0.3) is 0 Å². The maximum absolute atomic E-state index is 12.6. The van der Waals surface area contributed by atoms with Crippen molar-refractivity contribution in [1.29, 1.82) is 0 Å². The van der Waals surface area contributed by atoms with Crippen LogP contribution in [0.3, 0.4) is 0 Å². The first-order valence-electron chi connectivity index (χ1n) is 8.90. The van der Waals surface area contributed by atoms with Crippen LogP contribution in [0, 0.1) is 11.8 Å². The summed E-state index contributed by atoms with van der Waals surface area (Å²) in [6, 6.07) is 7.93. The summed E-state index contributed by atoms with van der Waals surface area (Å²) in [6.45, 7) is 3.22. The van der Waals surface area contributed by atoms with Gasteiger partial charge >= 0.3 is 5.97 Å². The number of carboxylic acids is 1. The minimum absolute atomic E-state index is 0.0458. The highest BCUT2D eigenvalue weighted by molar-refractivity contribution is 6.00. The van der Waals surface area contributed by atoms with Crippen LogP contribution in [0.2, 0.25) is 0 Å². The molecule has 0 bridgehead atoms. The second kappa shape index (κ2) is 7.25. The van der Waals surface area contributed by atoms with Gasteiger partial charge in [-0.3, -0.25) is 14.4 Å². The van der Waals surface area contributed by atoms with Gasteiger partial charge in [0.05, 0.1) is 11.8 Å². The van der Waals surface area contributed by atoms with Gasteiger partial charge in [0.1, 0.15) is 0 Å². The molecule has 25 heavy (non-hydrogen) atoms. The van der Waals surface area contributed by atoms with E-state index in [-0.39, 0.29) is 30.7 Å². The molecule has 134 valence electrons. The number of likely N-dealkylation sites (tertiary alicyclic amines) is 1. The molecule has 1 aromatic carbocycles. The maximum atomic E-state index is 12.6. The molecule has 0 spiro atoms. The maximum Gasteiger partial charge on any atom is 0.308 e. The Bertz CT molecular complexity index is 671. The first-order valence-corrected chi connectivity index (χ1v) is 8.90. The number of benzene rings is 1. The van der Waals surface area contributed by atoms with E-state index in [0.717, 1.165) is 18.5 Å². The second-order valence-corrected chi connectivity index (χ2v) is 6.93. The average Bonchev–Trinajstić information content (AvgIpc) is 3.22. The molecule has 0 radical (unpaired) electrons. The van der Waals surface area contributed by atoms with Gasteiger partial charge in [-0.1, -0.05) is 25.5 Å². The summed E-state index contributed by atoms with van der Waals surface area (Å²) in [6.07, 6.45) is 2.77. The van der Waals surface area contributed by atoms with Crippen molar-refractivity contribution in [3.8, 4) is 0 Å². The van der Waals surface area contributed by atoms with Crippen molar-refractivity contribution < 1.29 is 19.5 Å². The standard InChI is InChI=1S/C19H24N2O4/c1-2-3-13-4-6-16(7-5-13)21-12-15(10-17(21)22)18(23)20-9-8-14(11-20)19(24)25/h4-7,14-15H,2-3,8-12H2,1H3,(H,24,25). The van der Waals surface area contributed by atoms with Crippen molar-refractivity contribution in [1.82, 2.24) is 4.90 Å². The third-order valence-electron chi connectivity index (χ3n) is 5.11. The van der Waals surface area contributed by atoms with Crippen molar-refractivity contribution in [3.05, 3.63) is 29.8 Å². The molecule has 1 aromatic rings. The van der Waals surface area contributed by atoms with E-state index in [2.05, 4.69) is 6.92 Å². The van der Waals surface area contributed by atoms with Crippen molar-refractivity contribution >= 4 is 23.5 Å². The van der Waals surface area contributed by atoms with Gasteiger partial charge in [-0.05, 0) is 30.5 Å². The van der Waals surface area contributed by atoms with E-state index in [1.54, 1.807) is 9.80 Å². The Morgan fingerprint density at radius 3 is 2.48 bits per heavy atom. The van der Waals surface area contributed by atoms with Crippen LogP contribution in [0.15, 0.2) is 24.3 Å². The molecular weight excluding hydrogens is 320 g/mol. The van der Waals surface area contributed by atoms with Gasteiger partial charge in [-0.2, -0.15) is 0 Å². The first kappa shape index (κ1) is 17.5. The molecule has 2 saturated heterocycles. The fourth-order valence-corrected chi connectivity index (χ4v) is 3.67. The van der Waals surface area contributed by atoms with E-state index in [0.29, 0.717) is 19.5 Å². The van der Waals surface area contributed by atoms with E-state index in [1.807, 2.05) is 24.3 Å². The Labute approximate surface area is 147 Å². The molecule has 0 saturated carbocycles. The molecule has 6 nitrogen and oxygen atoms in total. The van der Waals surface area contributed by atoms with E-state index in [9.17, 15) is 14.4 Å². The van der Waals surface area contributed by atoms with Crippen LogP contribution >= 0.6 is 0 Å². The minimum atomic E-state index is -0.855. The van der Waals surface area contributed by atoms with Crippen molar-refractivity contribution in [2.24, 2.45) is 11.8 Å². The van der Waals surface area contributed by atoms with Gasteiger partial charge in [0.15, 0.2) is 0 Å². The molecule has 3 rings (SSSR count). The highest BCUT2D eigenvalue weighted by atomic mass is 16.4. The van der Waals surface area contributed by atoms with Crippen molar-refractivity contribution in [3.63, 3.8) is 0 Å². The second-order valence-electron chi connectivity index (χ2n) is 6.93. The normalized spacial score (nSPS) is 23.3. The summed E-state index contributed by atoms with van der Waals surface area (Å²) in [7, 11) is 0. The number of hydrogen-bond donors (Lipinski definition) is 1. The van der Waals surface area contributed by atoms with E-state index in [1.165, 1.54) is 5.56 Å². The molecule has 2 unspecified atom stereocenters. The number of nitrogens with zero attached hydrogens (tertiary/aromatic N) is 2. The van der Waals surface area contributed by atoms with Crippen LogP contribution in [0.4, 0.5) is 5.69 Å². The minimum Gasteiger partial charge on any atom is -0.481 e. The quantitative estimate of drug-likeness (QED) is 0.885. The Balaban J connectivity index is 1.64. The number of aliphatic carboxylic acids is 1. The molecule has 2 atom stereocenters. The summed E-state index contributed by atoms with van der Waals surface area (Å²) in [5.41, 5.74) is 2.06. The number of carboxylic acid groups (broad SMARTS) is 1. The molecule has 2 amide bonds. The molecule has 2 heterocycles. The van der Waals surface area contributed by atoms with Gasteiger partial charge in [-0.15, -0.1) is 0 Å². The lowest BCUT2D eigenvalue weighted by Crippen LogP contribution is -2.36. The molecule has 2 aliphatic heterocycles. The van der Waals surface area contributed by atoms with E-state index >= 15 is 0 Å². The Morgan fingerprint density at radius 1 is 1.16 bits per heavy atom. The number of amides is 2. The van der Waals surface area contributed by atoms with Gasteiger partial charge in [-0.25, -0.2) is 0 Å². The fourth-order valence-electron chi connectivity index (χ4n) is 3.67. The summed E-state index contributed by atoms with van der Waals surface area (Å²) in [5, 5.41) is 9.07. The largest absolute Gasteiger partial charge is 0.481 e. The Kier molecular flexibility index (Phi) is 5.06. The smallest absolute Gasteiger partial charge is 0.308 e. The summed E-state index contributed by atoms with van der Waals surface area (Å²) < 4.78 is 0. The molecule has 1 N–H and O–H groups in total. The number of anilines is 1. The van der Waals surface area contributed by atoms with Gasteiger partial charge in [0.25, 0.3) is 0 Å². The average molecular weight is 344 g/mol. The van der Waals surface area contributed by atoms with E-state index in [4.69, 9.17) is 5.11 Å². The van der Waals surface area contributed by atoms with E-state index < -0.39 is 11.9 Å². The van der Waals surface area contributed by atoms with Crippen LogP contribution in [0.1, 0.15) is 31.7 Å². The fraction of sp³-hybridized carbons (Fsp3) is 0.526. The van der Waals surface area contributed by atoms with Crippen LogP contribution in [0.5, 0.6) is 0 Å². The van der Waals surface area contributed by atoms with Crippen molar-refractivity contribution in [2.45, 2.75) is 32.6 Å². The SMILES string of the molecule is CCCc1ccc(N2CC(C(=O)N3CCC(C(=O)O)C3)CC2=O)cc1. The summed E-state index contributed by atoms with van der Waals surface area (Å²) in [4.78, 5) is 39.3. The lowest BCUT2D eigenvalue weighted by Gasteiger charge is -2.21. The Hall–Kier alpha value is -2.37. The highest BCUT2D eigenvalue weighted by Gasteiger charge is 2.40. The third kappa shape index (κ3) is 3.67. The summed E-state index contributed by atoms with van der Waals surface area (Å²) >= 11 is 0. The molecule has 0 aromatic heterocycles. The van der Waals surface area contributed by atoms with Crippen LogP contribution < -0.4 is 4.90 Å². The van der Waals surface area contributed by atoms with Crippen molar-refractivity contribution in [2.75, 3.05) is 24.5 Å².